The van der Waals surface area contributed by atoms with E-state index in [4.69, 9.17) is 4.74 Å². The lowest BCUT2D eigenvalue weighted by Crippen LogP contribution is -2.22. The molecule has 0 aliphatic rings. The quantitative estimate of drug-likeness (QED) is 0.591. The maximum absolute atomic E-state index is 10.7. The van der Waals surface area contributed by atoms with Crippen LogP contribution in [0, 0.1) is 5.92 Å². The molecule has 0 rings (SSSR count). The van der Waals surface area contributed by atoms with Crippen molar-refractivity contribution in [3.63, 3.8) is 0 Å². The molecule has 0 aromatic heterocycles. The minimum absolute atomic E-state index is 0.609. The third-order valence-electron chi connectivity index (χ3n) is 1.66. The van der Waals surface area contributed by atoms with E-state index in [1.54, 1.807) is 6.26 Å². The summed E-state index contributed by atoms with van der Waals surface area (Å²) < 4.78 is 16.1. The zero-order valence-corrected chi connectivity index (χ0v) is 10.4. The normalized spacial score (nSPS) is 13.4. The third-order valence-corrected chi connectivity index (χ3v) is 2.52. The van der Waals surface area contributed by atoms with E-state index < -0.39 is 10.8 Å². The molecule has 0 saturated carbocycles. The summed E-state index contributed by atoms with van der Waals surface area (Å²) in [5, 5.41) is 3.26. The van der Waals surface area contributed by atoms with Gasteiger partial charge in [0, 0.05) is 36.0 Å². The lowest BCUT2D eigenvalue weighted by atomic mass is 10.2. The van der Waals surface area contributed by atoms with Crippen molar-refractivity contribution in [3.8, 4) is 0 Å². The lowest BCUT2D eigenvalue weighted by Gasteiger charge is -2.07. The summed E-state index contributed by atoms with van der Waals surface area (Å²) in [7, 11) is -0.652. The summed E-state index contributed by atoms with van der Waals surface area (Å²) in [6.45, 7) is 7.72. The second-order valence-corrected chi connectivity index (χ2v) is 5.40. The summed E-state index contributed by atoms with van der Waals surface area (Å²) >= 11 is 0. The molecule has 3 nitrogen and oxygen atoms in total. The highest BCUT2D eigenvalue weighted by atomic mass is 32.2. The summed E-state index contributed by atoms with van der Waals surface area (Å²) in [5.41, 5.74) is 0. The predicted octanol–water partition coefficient (Wildman–Crippen LogP) is 1.02. The Morgan fingerprint density at radius 2 is 2.07 bits per heavy atom. The molecule has 0 spiro atoms. The van der Waals surface area contributed by atoms with Crippen LogP contribution in [0.15, 0.2) is 0 Å². The Balaban J connectivity index is 2.96. The maximum atomic E-state index is 10.7. The Morgan fingerprint density at radius 3 is 2.64 bits per heavy atom. The molecule has 1 atom stereocenters. The lowest BCUT2D eigenvalue weighted by molar-refractivity contribution is 0.112. The molecule has 0 heterocycles. The Hall–Kier alpha value is 0.0700. The minimum Gasteiger partial charge on any atom is -0.380 e. The first kappa shape index (κ1) is 14.1. The van der Waals surface area contributed by atoms with Crippen molar-refractivity contribution in [1.29, 1.82) is 0 Å². The number of ether oxygens (including phenoxy) is 1. The zero-order chi connectivity index (χ0) is 10.8. The molecular formula is C10H23NO2S. The first-order valence-electron chi connectivity index (χ1n) is 5.21. The smallest absolute Gasteiger partial charge is 0.0591 e. The number of hydrogen-bond donors (Lipinski definition) is 1. The van der Waals surface area contributed by atoms with Crippen LogP contribution in [0.3, 0.4) is 0 Å². The van der Waals surface area contributed by atoms with Gasteiger partial charge in [0.05, 0.1) is 6.61 Å². The van der Waals surface area contributed by atoms with Gasteiger partial charge in [-0.1, -0.05) is 13.8 Å². The largest absolute Gasteiger partial charge is 0.380 e. The van der Waals surface area contributed by atoms with Gasteiger partial charge in [0.2, 0.25) is 0 Å². The van der Waals surface area contributed by atoms with E-state index in [9.17, 15) is 4.21 Å². The summed E-state index contributed by atoms with van der Waals surface area (Å²) in [5.74, 6) is 1.40. The molecule has 0 aliphatic heterocycles. The van der Waals surface area contributed by atoms with Gasteiger partial charge in [0.15, 0.2) is 0 Å². The fourth-order valence-electron chi connectivity index (χ4n) is 0.989. The molecule has 0 fully saturated rings. The molecule has 0 radical (unpaired) electrons. The predicted molar refractivity (Wildman–Crippen MR) is 62.1 cm³/mol. The van der Waals surface area contributed by atoms with E-state index in [1.165, 1.54) is 0 Å². The van der Waals surface area contributed by atoms with Crippen molar-refractivity contribution < 1.29 is 8.95 Å². The molecule has 14 heavy (non-hydrogen) atoms. The van der Waals surface area contributed by atoms with Crippen molar-refractivity contribution in [2.24, 2.45) is 5.92 Å². The highest BCUT2D eigenvalue weighted by molar-refractivity contribution is 7.84. The van der Waals surface area contributed by atoms with Gasteiger partial charge in [-0.15, -0.1) is 0 Å². The van der Waals surface area contributed by atoms with Gasteiger partial charge >= 0.3 is 0 Å². The van der Waals surface area contributed by atoms with Crippen LogP contribution in [-0.4, -0.2) is 42.5 Å². The molecule has 0 aromatic rings. The van der Waals surface area contributed by atoms with Crippen molar-refractivity contribution in [1.82, 2.24) is 5.32 Å². The Morgan fingerprint density at radius 1 is 1.36 bits per heavy atom. The number of nitrogens with one attached hydrogen (secondary N) is 1. The average molecular weight is 221 g/mol. The van der Waals surface area contributed by atoms with Crippen LogP contribution in [0.1, 0.15) is 20.3 Å². The van der Waals surface area contributed by atoms with E-state index in [2.05, 4.69) is 19.2 Å². The molecule has 0 bridgehead atoms. The van der Waals surface area contributed by atoms with Gasteiger partial charge in [-0.25, -0.2) is 0 Å². The third kappa shape index (κ3) is 12.1. The van der Waals surface area contributed by atoms with Gasteiger partial charge in [0.1, 0.15) is 0 Å². The van der Waals surface area contributed by atoms with E-state index in [1.807, 2.05) is 0 Å². The first-order valence-corrected chi connectivity index (χ1v) is 6.94. The average Bonchev–Trinajstić information content (AvgIpc) is 2.08. The molecule has 0 aromatic carbocycles. The van der Waals surface area contributed by atoms with Gasteiger partial charge in [-0.2, -0.15) is 0 Å². The van der Waals surface area contributed by atoms with Crippen LogP contribution in [-0.2, 0) is 15.5 Å². The summed E-state index contributed by atoms with van der Waals surface area (Å²) in [6.07, 6.45) is 2.72. The maximum Gasteiger partial charge on any atom is 0.0591 e. The van der Waals surface area contributed by atoms with Gasteiger partial charge in [0.25, 0.3) is 0 Å². The van der Waals surface area contributed by atoms with Crippen LogP contribution in [0.5, 0.6) is 0 Å². The fourth-order valence-corrected chi connectivity index (χ4v) is 1.54. The standard InChI is InChI=1S/C10H23NO2S/c1-10(2)9-13-7-6-11-5-4-8-14(3)12/h10-11H,4-9H2,1-3H3. The molecule has 1 N–H and O–H groups in total. The number of rotatable bonds is 9. The van der Waals surface area contributed by atoms with E-state index in [-0.39, 0.29) is 0 Å². The second kappa shape index (κ2) is 9.62. The van der Waals surface area contributed by atoms with Crippen molar-refractivity contribution >= 4 is 10.8 Å². The monoisotopic (exact) mass is 221 g/mol. The molecule has 0 saturated heterocycles. The van der Waals surface area contributed by atoms with Crippen LogP contribution < -0.4 is 5.32 Å². The molecule has 0 amide bonds. The van der Waals surface area contributed by atoms with Crippen LogP contribution >= 0.6 is 0 Å². The van der Waals surface area contributed by atoms with Crippen molar-refractivity contribution in [2.75, 3.05) is 38.3 Å². The zero-order valence-electron chi connectivity index (χ0n) is 9.54. The SMILES string of the molecule is CC(C)COCCNCCCS(C)=O. The van der Waals surface area contributed by atoms with E-state index in [0.29, 0.717) is 5.92 Å². The van der Waals surface area contributed by atoms with E-state index >= 15 is 0 Å². The molecule has 0 aliphatic carbocycles. The number of hydrogen-bond acceptors (Lipinski definition) is 3. The molecule has 86 valence electrons. The second-order valence-electron chi connectivity index (χ2n) is 3.85. The Kier molecular flexibility index (Phi) is 9.67. The first-order chi connectivity index (χ1) is 6.63. The van der Waals surface area contributed by atoms with Crippen molar-refractivity contribution in [3.05, 3.63) is 0 Å². The van der Waals surface area contributed by atoms with Gasteiger partial charge < -0.3 is 10.1 Å². The fraction of sp³-hybridized carbons (Fsp3) is 1.00. The summed E-state index contributed by atoms with van der Waals surface area (Å²) in [4.78, 5) is 0. The topological polar surface area (TPSA) is 38.3 Å². The van der Waals surface area contributed by atoms with Crippen molar-refractivity contribution in [2.45, 2.75) is 20.3 Å². The Bertz CT molecular complexity index is 151. The van der Waals surface area contributed by atoms with Crippen LogP contribution in [0.25, 0.3) is 0 Å². The van der Waals surface area contributed by atoms with E-state index in [0.717, 1.165) is 38.5 Å². The highest BCUT2D eigenvalue weighted by Gasteiger charge is 1.94. The summed E-state index contributed by atoms with van der Waals surface area (Å²) in [6, 6.07) is 0. The van der Waals surface area contributed by atoms with Crippen LogP contribution in [0.2, 0.25) is 0 Å². The van der Waals surface area contributed by atoms with Crippen LogP contribution in [0.4, 0.5) is 0 Å². The van der Waals surface area contributed by atoms with Gasteiger partial charge in [-0.05, 0) is 18.9 Å². The minimum atomic E-state index is -0.652. The Labute approximate surface area is 90.1 Å². The molecule has 1 unspecified atom stereocenters. The molecule has 4 heteroatoms. The van der Waals surface area contributed by atoms with Gasteiger partial charge in [-0.3, -0.25) is 4.21 Å². The molecular weight excluding hydrogens is 198 g/mol. The highest BCUT2D eigenvalue weighted by Crippen LogP contribution is 1.90.